The van der Waals surface area contributed by atoms with Gasteiger partial charge in [-0.1, -0.05) is 6.92 Å². The van der Waals surface area contributed by atoms with Crippen molar-refractivity contribution in [3.05, 3.63) is 11.9 Å². The van der Waals surface area contributed by atoms with Crippen LogP contribution in [0.3, 0.4) is 0 Å². The van der Waals surface area contributed by atoms with Crippen molar-refractivity contribution in [2.24, 2.45) is 0 Å². The fraction of sp³-hybridized carbons (Fsp3) is 0.600. The first-order valence-electron chi connectivity index (χ1n) is 5.19. The minimum atomic E-state index is -3.35. The van der Waals surface area contributed by atoms with E-state index in [9.17, 15) is 13.2 Å². The summed E-state index contributed by atoms with van der Waals surface area (Å²) in [5, 5.41) is 4.00. The molecule has 0 saturated carbocycles. The zero-order chi connectivity index (χ0) is 13.1. The van der Waals surface area contributed by atoms with Crippen LogP contribution in [0.15, 0.2) is 6.20 Å². The molecule has 7 heteroatoms. The molecule has 0 fully saturated rings. The van der Waals surface area contributed by atoms with Gasteiger partial charge in [-0.2, -0.15) is 5.10 Å². The van der Waals surface area contributed by atoms with Crippen molar-refractivity contribution in [1.29, 1.82) is 0 Å². The van der Waals surface area contributed by atoms with Crippen molar-refractivity contribution in [3.8, 4) is 5.75 Å². The van der Waals surface area contributed by atoms with Crippen LogP contribution < -0.4 is 4.74 Å². The molecule has 1 aromatic rings. The highest BCUT2D eigenvalue weighted by molar-refractivity contribution is 7.91. The van der Waals surface area contributed by atoms with Gasteiger partial charge in [0.1, 0.15) is 11.4 Å². The van der Waals surface area contributed by atoms with Crippen LogP contribution in [-0.2, 0) is 16.4 Å². The van der Waals surface area contributed by atoms with E-state index in [1.165, 1.54) is 18.0 Å². The van der Waals surface area contributed by atoms with Crippen molar-refractivity contribution in [1.82, 2.24) is 9.78 Å². The van der Waals surface area contributed by atoms with Gasteiger partial charge in [0.25, 0.3) is 0 Å². The molecule has 0 spiro atoms. The number of rotatable bonds is 6. The number of nitrogens with zero attached hydrogens (tertiary/aromatic N) is 2. The van der Waals surface area contributed by atoms with E-state index >= 15 is 0 Å². The van der Waals surface area contributed by atoms with E-state index in [0.29, 0.717) is 12.3 Å². The van der Waals surface area contributed by atoms with Gasteiger partial charge in [0, 0.05) is 12.8 Å². The molecule has 1 rings (SSSR count). The first-order valence-corrected chi connectivity index (χ1v) is 7.25. The summed E-state index contributed by atoms with van der Waals surface area (Å²) in [5.41, 5.74) is 0.222. The van der Waals surface area contributed by atoms with E-state index in [1.54, 1.807) is 0 Å². The molecule has 0 aromatic carbocycles. The van der Waals surface area contributed by atoms with E-state index in [0.717, 1.165) is 12.7 Å². The Kier molecular flexibility index (Phi) is 4.28. The molecule has 17 heavy (non-hydrogen) atoms. The molecule has 0 radical (unpaired) electrons. The Morgan fingerprint density at radius 3 is 2.65 bits per heavy atom. The van der Waals surface area contributed by atoms with E-state index in [1.807, 2.05) is 6.92 Å². The maximum Gasteiger partial charge on any atom is 0.199 e. The van der Waals surface area contributed by atoms with Gasteiger partial charge in [0.15, 0.2) is 21.4 Å². The third kappa shape index (κ3) is 3.55. The molecule has 0 aliphatic carbocycles. The molecule has 1 heterocycles. The third-order valence-electron chi connectivity index (χ3n) is 2.12. The van der Waals surface area contributed by atoms with Crippen LogP contribution in [0.4, 0.5) is 0 Å². The molecular formula is C10H16N2O4S. The quantitative estimate of drug-likeness (QED) is 0.697. The van der Waals surface area contributed by atoms with Gasteiger partial charge in [0.05, 0.1) is 13.3 Å². The standard InChI is InChI=1S/C10H16N2O4S/c1-4-5-12-10(9(16-2)6-11-12)8(13)7-17(3,14)15/h6H,4-5,7H2,1-3H3. The van der Waals surface area contributed by atoms with Gasteiger partial charge in [-0.25, -0.2) is 8.42 Å². The summed E-state index contributed by atoms with van der Waals surface area (Å²) in [4.78, 5) is 11.9. The van der Waals surface area contributed by atoms with Crippen LogP contribution in [0.1, 0.15) is 23.8 Å². The first kappa shape index (κ1) is 13.7. The second kappa shape index (κ2) is 5.31. The lowest BCUT2D eigenvalue weighted by atomic mass is 10.3. The molecule has 0 atom stereocenters. The number of sulfone groups is 1. The minimum Gasteiger partial charge on any atom is -0.493 e. The number of carbonyl (C=O) groups is 1. The average molecular weight is 260 g/mol. The molecule has 0 N–H and O–H groups in total. The number of ketones is 1. The molecule has 0 amide bonds. The number of hydrogen-bond donors (Lipinski definition) is 0. The van der Waals surface area contributed by atoms with Gasteiger partial charge in [-0.05, 0) is 6.42 Å². The van der Waals surface area contributed by atoms with Crippen molar-refractivity contribution < 1.29 is 17.9 Å². The molecule has 0 unspecified atom stereocenters. The normalized spacial score (nSPS) is 11.5. The highest BCUT2D eigenvalue weighted by atomic mass is 32.2. The number of carbonyl (C=O) groups excluding carboxylic acids is 1. The van der Waals surface area contributed by atoms with E-state index in [2.05, 4.69) is 5.10 Å². The minimum absolute atomic E-state index is 0.222. The van der Waals surface area contributed by atoms with Gasteiger partial charge in [0.2, 0.25) is 0 Å². The highest BCUT2D eigenvalue weighted by Gasteiger charge is 2.22. The Balaban J connectivity index is 3.09. The molecule has 96 valence electrons. The summed E-state index contributed by atoms with van der Waals surface area (Å²) in [6, 6.07) is 0. The van der Waals surface area contributed by atoms with Gasteiger partial charge < -0.3 is 4.74 Å². The average Bonchev–Trinajstić information content (AvgIpc) is 2.58. The van der Waals surface area contributed by atoms with Gasteiger partial charge >= 0.3 is 0 Å². The van der Waals surface area contributed by atoms with Crippen LogP contribution in [0.5, 0.6) is 5.75 Å². The number of aromatic nitrogens is 2. The fourth-order valence-electron chi connectivity index (χ4n) is 1.49. The lowest BCUT2D eigenvalue weighted by molar-refractivity contribution is 0.100. The Labute approximate surface area is 100 Å². The Morgan fingerprint density at radius 2 is 2.18 bits per heavy atom. The topological polar surface area (TPSA) is 78.3 Å². The fourth-order valence-corrected chi connectivity index (χ4v) is 2.10. The summed E-state index contributed by atoms with van der Waals surface area (Å²) in [6.45, 7) is 2.49. The van der Waals surface area contributed by atoms with E-state index in [4.69, 9.17) is 4.74 Å². The first-order chi connectivity index (χ1) is 7.89. The largest absolute Gasteiger partial charge is 0.493 e. The van der Waals surface area contributed by atoms with Crippen molar-refractivity contribution >= 4 is 15.6 Å². The second-order valence-corrected chi connectivity index (χ2v) is 5.92. The van der Waals surface area contributed by atoms with Crippen LogP contribution in [0.2, 0.25) is 0 Å². The number of aryl methyl sites for hydroxylation is 1. The Bertz CT molecular complexity index is 504. The van der Waals surface area contributed by atoms with Gasteiger partial charge in [-0.3, -0.25) is 9.48 Å². The van der Waals surface area contributed by atoms with E-state index < -0.39 is 21.4 Å². The zero-order valence-corrected chi connectivity index (χ0v) is 11.0. The van der Waals surface area contributed by atoms with Crippen LogP contribution >= 0.6 is 0 Å². The summed E-state index contributed by atoms with van der Waals surface area (Å²) in [5.74, 6) is -0.707. The Morgan fingerprint density at radius 1 is 1.53 bits per heavy atom. The maximum absolute atomic E-state index is 11.9. The lowest BCUT2D eigenvalue weighted by Gasteiger charge is -2.06. The monoisotopic (exact) mass is 260 g/mol. The van der Waals surface area contributed by atoms with Gasteiger partial charge in [-0.15, -0.1) is 0 Å². The molecule has 0 bridgehead atoms. The van der Waals surface area contributed by atoms with E-state index in [-0.39, 0.29) is 5.69 Å². The third-order valence-corrected chi connectivity index (χ3v) is 2.91. The number of ether oxygens (including phenoxy) is 1. The molecule has 0 aliphatic rings. The van der Waals surface area contributed by atoms with Crippen LogP contribution in [-0.4, -0.2) is 43.1 Å². The second-order valence-electron chi connectivity index (χ2n) is 3.78. The summed E-state index contributed by atoms with van der Waals surface area (Å²) >= 11 is 0. The molecule has 6 nitrogen and oxygen atoms in total. The summed E-state index contributed by atoms with van der Waals surface area (Å²) in [7, 11) is -1.93. The Hall–Kier alpha value is -1.37. The van der Waals surface area contributed by atoms with Crippen molar-refractivity contribution in [2.75, 3.05) is 19.1 Å². The smallest absolute Gasteiger partial charge is 0.199 e. The summed E-state index contributed by atoms with van der Waals surface area (Å²) < 4.78 is 28.7. The summed E-state index contributed by atoms with van der Waals surface area (Å²) in [6.07, 6.45) is 3.24. The highest BCUT2D eigenvalue weighted by Crippen LogP contribution is 2.19. The number of methoxy groups -OCH3 is 1. The van der Waals surface area contributed by atoms with Crippen molar-refractivity contribution in [3.63, 3.8) is 0 Å². The SMILES string of the molecule is CCCn1ncc(OC)c1C(=O)CS(C)(=O)=O. The maximum atomic E-state index is 11.9. The molecular weight excluding hydrogens is 244 g/mol. The molecule has 0 aliphatic heterocycles. The molecule has 1 aromatic heterocycles. The number of Topliss-reactive ketones (excluding diaryl/α,β-unsaturated/α-hetero) is 1. The lowest BCUT2D eigenvalue weighted by Crippen LogP contribution is -2.19. The predicted molar refractivity (Wildman–Crippen MR) is 63.1 cm³/mol. The van der Waals surface area contributed by atoms with Crippen molar-refractivity contribution in [2.45, 2.75) is 19.9 Å². The van der Waals surface area contributed by atoms with Crippen LogP contribution in [0, 0.1) is 0 Å². The predicted octanol–water partition coefficient (Wildman–Crippen LogP) is 0.529. The van der Waals surface area contributed by atoms with Crippen LogP contribution in [0.25, 0.3) is 0 Å². The zero-order valence-electron chi connectivity index (χ0n) is 10.1. The molecule has 0 saturated heterocycles. The number of hydrogen-bond acceptors (Lipinski definition) is 5.